The van der Waals surface area contributed by atoms with Gasteiger partial charge in [-0.25, -0.2) is 8.78 Å². The maximum atomic E-state index is 13.1. The lowest BCUT2D eigenvalue weighted by Crippen LogP contribution is -2.41. The summed E-state index contributed by atoms with van der Waals surface area (Å²) in [6.45, 7) is 2.98. The highest BCUT2D eigenvalue weighted by molar-refractivity contribution is 5.21. The van der Waals surface area contributed by atoms with Crippen molar-refractivity contribution in [1.82, 2.24) is 5.32 Å². The Hall–Kier alpha value is -1.04. The fraction of sp³-hybridized carbons (Fsp3) is 0.538. The summed E-state index contributed by atoms with van der Waals surface area (Å²) < 4.78 is 31.3. The molecule has 1 fully saturated rings. The quantitative estimate of drug-likeness (QED) is 0.863. The van der Waals surface area contributed by atoms with Gasteiger partial charge in [-0.3, -0.25) is 0 Å². The zero-order chi connectivity index (χ0) is 13.2. The molecule has 0 saturated carbocycles. The molecule has 2 unspecified atom stereocenters. The molecule has 1 aromatic carbocycles. The number of halogens is 2. The lowest BCUT2D eigenvalue weighted by atomic mass is 10.0. The molecule has 1 aromatic rings. The SMILES string of the molecule is CC(NCC1(O)CCOC1)c1cc(F)cc(F)c1. The molecular weight excluding hydrogens is 240 g/mol. The van der Waals surface area contributed by atoms with Crippen molar-refractivity contribution < 1.29 is 18.6 Å². The maximum absolute atomic E-state index is 13.1. The average molecular weight is 257 g/mol. The Labute approximate surface area is 105 Å². The van der Waals surface area contributed by atoms with Crippen LogP contribution >= 0.6 is 0 Å². The summed E-state index contributed by atoms with van der Waals surface area (Å²) in [4.78, 5) is 0. The molecule has 1 heterocycles. The zero-order valence-corrected chi connectivity index (χ0v) is 10.2. The Kier molecular flexibility index (Phi) is 3.94. The second-order valence-electron chi connectivity index (χ2n) is 4.83. The highest BCUT2D eigenvalue weighted by Gasteiger charge is 2.32. The minimum atomic E-state index is -0.875. The van der Waals surface area contributed by atoms with E-state index in [-0.39, 0.29) is 6.04 Å². The van der Waals surface area contributed by atoms with Gasteiger partial charge in [0.15, 0.2) is 0 Å². The summed E-state index contributed by atoms with van der Waals surface area (Å²) >= 11 is 0. The second-order valence-corrected chi connectivity index (χ2v) is 4.83. The third-order valence-electron chi connectivity index (χ3n) is 3.20. The first kappa shape index (κ1) is 13.4. The summed E-state index contributed by atoms with van der Waals surface area (Å²) in [5.41, 5.74) is -0.352. The van der Waals surface area contributed by atoms with Crippen LogP contribution in [0.2, 0.25) is 0 Å². The number of hydrogen-bond acceptors (Lipinski definition) is 3. The van der Waals surface area contributed by atoms with Gasteiger partial charge in [0.2, 0.25) is 0 Å². The minimum absolute atomic E-state index is 0.236. The first-order valence-corrected chi connectivity index (χ1v) is 5.98. The van der Waals surface area contributed by atoms with E-state index < -0.39 is 17.2 Å². The lowest BCUT2D eigenvalue weighted by Gasteiger charge is -2.24. The smallest absolute Gasteiger partial charge is 0.126 e. The first-order chi connectivity index (χ1) is 8.48. The molecule has 5 heteroatoms. The molecule has 18 heavy (non-hydrogen) atoms. The molecule has 0 aliphatic carbocycles. The van der Waals surface area contributed by atoms with Crippen molar-refractivity contribution in [1.29, 1.82) is 0 Å². The number of hydrogen-bond donors (Lipinski definition) is 2. The maximum Gasteiger partial charge on any atom is 0.126 e. The lowest BCUT2D eigenvalue weighted by molar-refractivity contribution is 0.0252. The second kappa shape index (κ2) is 5.30. The van der Waals surface area contributed by atoms with Crippen LogP contribution < -0.4 is 5.32 Å². The monoisotopic (exact) mass is 257 g/mol. The van der Waals surface area contributed by atoms with Crippen LogP contribution in [-0.2, 0) is 4.74 Å². The Morgan fingerprint density at radius 2 is 2.06 bits per heavy atom. The van der Waals surface area contributed by atoms with Gasteiger partial charge in [-0.2, -0.15) is 0 Å². The molecular formula is C13H17F2NO2. The van der Waals surface area contributed by atoms with E-state index >= 15 is 0 Å². The van der Waals surface area contributed by atoms with Gasteiger partial charge in [0.1, 0.15) is 17.2 Å². The third kappa shape index (κ3) is 3.25. The van der Waals surface area contributed by atoms with E-state index in [0.717, 1.165) is 6.07 Å². The molecule has 0 aromatic heterocycles. The van der Waals surface area contributed by atoms with Crippen molar-refractivity contribution in [2.45, 2.75) is 25.0 Å². The highest BCUT2D eigenvalue weighted by Crippen LogP contribution is 2.20. The topological polar surface area (TPSA) is 41.5 Å². The Balaban J connectivity index is 1.96. The van der Waals surface area contributed by atoms with Gasteiger partial charge in [0, 0.05) is 31.7 Å². The van der Waals surface area contributed by atoms with Crippen LogP contribution in [-0.4, -0.2) is 30.5 Å². The third-order valence-corrected chi connectivity index (χ3v) is 3.20. The van der Waals surface area contributed by atoms with Gasteiger partial charge >= 0.3 is 0 Å². The standard InChI is InChI=1S/C13H17F2NO2/c1-9(10-4-11(14)6-12(15)5-10)16-7-13(17)2-3-18-8-13/h4-6,9,16-17H,2-3,7-8H2,1H3. The summed E-state index contributed by atoms with van der Waals surface area (Å²) in [5.74, 6) is -1.19. The molecule has 0 radical (unpaired) electrons. The van der Waals surface area contributed by atoms with Crippen LogP contribution in [0.5, 0.6) is 0 Å². The first-order valence-electron chi connectivity index (χ1n) is 5.98. The Morgan fingerprint density at radius 3 is 2.61 bits per heavy atom. The molecule has 0 amide bonds. The van der Waals surface area contributed by atoms with Gasteiger partial charge in [-0.1, -0.05) is 0 Å². The summed E-state index contributed by atoms with van der Waals surface area (Å²) in [5, 5.41) is 13.1. The van der Waals surface area contributed by atoms with E-state index in [4.69, 9.17) is 4.74 Å². The summed E-state index contributed by atoms with van der Waals surface area (Å²) in [7, 11) is 0. The van der Waals surface area contributed by atoms with E-state index in [0.29, 0.717) is 31.7 Å². The minimum Gasteiger partial charge on any atom is -0.386 e. The van der Waals surface area contributed by atoms with Gasteiger partial charge in [-0.05, 0) is 24.6 Å². The van der Waals surface area contributed by atoms with Crippen molar-refractivity contribution in [2.75, 3.05) is 19.8 Å². The van der Waals surface area contributed by atoms with E-state index in [1.807, 2.05) is 0 Å². The number of aliphatic hydroxyl groups is 1. The molecule has 1 aliphatic heterocycles. The van der Waals surface area contributed by atoms with Crippen molar-refractivity contribution in [3.8, 4) is 0 Å². The van der Waals surface area contributed by atoms with Crippen LogP contribution in [0.15, 0.2) is 18.2 Å². The molecule has 0 spiro atoms. The number of rotatable bonds is 4. The molecule has 0 bridgehead atoms. The van der Waals surface area contributed by atoms with E-state index in [1.54, 1.807) is 6.92 Å². The van der Waals surface area contributed by atoms with E-state index in [9.17, 15) is 13.9 Å². The number of benzene rings is 1. The van der Waals surface area contributed by atoms with Crippen LogP contribution in [0, 0.1) is 11.6 Å². The Morgan fingerprint density at radius 1 is 1.39 bits per heavy atom. The van der Waals surface area contributed by atoms with Crippen LogP contribution in [0.4, 0.5) is 8.78 Å². The van der Waals surface area contributed by atoms with E-state index in [1.165, 1.54) is 12.1 Å². The predicted octanol–water partition coefficient (Wildman–Crippen LogP) is 1.77. The van der Waals surface area contributed by atoms with Crippen LogP contribution in [0.1, 0.15) is 24.9 Å². The average Bonchev–Trinajstić information content (AvgIpc) is 2.72. The largest absolute Gasteiger partial charge is 0.386 e. The van der Waals surface area contributed by atoms with Gasteiger partial charge in [0.25, 0.3) is 0 Å². The highest BCUT2D eigenvalue weighted by atomic mass is 19.1. The van der Waals surface area contributed by atoms with Gasteiger partial charge in [-0.15, -0.1) is 0 Å². The normalized spacial score (nSPS) is 25.3. The molecule has 100 valence electrons. The summed E-state index contributed by atoms with van der Waals surface area (Å²) in [6.07, 6.45) is 0.574. The van der Waals surface area contributed by atoms with Crippen molar-refractivity contribution in [3.05, 3.63) is 35.4 Å². The number of ether oxygens (including phenoxy) is 1. The molecule has 2 N–H and O–H groups in total. The van der Waals surface area contributed by atoms with E-state index in [2.05, 4.69) is 5.32 Å². The number of nitrogens with one attached hydrogen (secondary N) is 1. The summed E-state index contributed by atoms with van der Waals surface area (Å²) in [6, 6.07) is 3.18. The Bertz CT molecular complexity index is 399. The molecule has 2 atom stereocenters. The molecule has 3 nitrogen and oxygen atoms in total. The van der Waals surface area contributed by atoms with Gasteiger partial charge < -0.3 is 15.2 Å². The predicted molar refractivity (Wildman–Crippen MR) is 63.2 cm³/mol. The van der Waals surface area contributed by atoms with Gasteiger partial charge in [0.05, 0.1) is 6.61 Å². The van der Waals surface area contributed by atoms with Crippen LogP contribution in [0.25, 0.3) is 0 Å². The zero-order valence-electron chi connectivity index (χ0n) is 10.2. The molecule has 1 saturated heterocycles. The van der Waals surface area contributed by atoms with Crippen molar-refractivity contribution in [2.24, 2.45) is 0 Å². The fourth-order valence-corrected chi connectivity index (χ4v) is 2.02. The fourth-order valence-electron chi connectivity index (χ4n) is 2.02. The molecule has 1 aliphatic rings. The van der Waals surface area contributed by atoms with Crippen molar-refractivity contribution >= 4 is 0 Å². The van der Waals surface area contributed by atoms with Crippen molar-refractivity contribution in [3.63, 3.8) is 0 Å². The molecule has 2 rings (SSSR count). The van der Waals surface area contributed by atoms with Crippen LogP contribution in [0.3, 0.4) is 0 Å².